The molecular weight excluding hydrogens is 276 g/mol. The minimum absolute atomic E-state index is 0.681. The summed E-state index contributed by atoms with van der Waals surface area (Å²) in [6.07, 6.45) is 4.73. The van der Waals surface area contributed by atoms with Crippen LogP contribution in [0.25, 0.3) is 22.2 Å². The molecule has 3 rings (SSSR count). The zero-order valence-corrected chi connectivity index (χ0v) is 13.0. The molecule has 0 radical (unpaired) electrons. The third-order valence-electron chi connectivity index (χ3n) is 3.72. The Morgan fingerprint density at radius 2 is 1.68 bits per heavy atom. The predicted molar refractivity (Wildman–Crippen MR) is 87.5 cm³/mol. The van der Waals surface area contributed by atoms with Crippen molar-refractivity contribution in [1.29, 1.82) is 0 Å². The van der Waals surface area contributed by atoms with Crippen molar-refractivity contribution in [1.82, 2.24) is 9.97 Å². The average Bonchev–Trinajstić information content (AvgIpc) is 2.60. The number of ether oxygens (including phenoxy) is 2. The van der Waals surface area contributed by atoms with Crippen LogP contribution in [0.1, 0.15) is 12.5 Å². The highest BCUT2D eigenvalue weighted by Gasteiger charge is 2.08. The van der Waals surface area contributed by atoms with Gasteiger partial charge in [-0.2, -0.15) is 0 Å². The molecule has 0 aliphatic heterocycles. The molecule has 22 heavy (non-hydrogen) atoms. The van der Waals surface area contributed by atoms with Crippen LogP contribution >= 0.6 is 0 Å². The van der Waals surface area contributed by atoms with E-state index in [0.717, 1.165) is 28.6 Å². The molecule has 2 aromatic heterocycles. The topological polar surface area (TPSA) is 44.2 Å². The quantitative estimate of drug-likeness (QED) is 0.732. The van der Waals surface area contributed by atoms with Gasteiger partial charge in [-0.3, -0.25) is 9.97 Å². The lowest BCUT2D eigenvalue weighted by atomic mass is 10.1. The number of fused-ring (bicyclic) bond motifs is 1. The second-order valence-electron chi connectivity index (χ2n) is 5.03. The molecule has 0 aliphatic rings. The van der Waals surface area contributed by atoms with Crippen LogP contribution in [0.4, 0.5) is 0 Å². The van der Waals surface area contributed by atoms with E-state index in [1.807, 2.05) is 30.6 Å². The molecule has 3 aromatic rings. The largest absolute Gasteiger partial charge is 0.493 e. The lowest BCUT2D eigenvalue weighted by Crippen LogP contribution is -1.92. The number of hydrogen-bond acceptors (Lipinski definition) is 4. The third-order valence-corrected chi connectivity index (χ3v) is 3.72. The second kappa shape index (κ2) is 6.02. The van der Waals surface area contributed by atoms with Crippen molar-refractivity contribution in [3.63, 3.8) is 0 Å². The van der Waals surface area contributed by atoms with Gasteiger partial charge in [0, 0.05) is 29.4 Å². The number of pyridine rings is 2. The maximum Gasteiger partial charge on any atom is 0.162 e. The molecule has 1 aromatic carbocycles. The molecule has 0 N–H and O–H groups in total. The molecule has 0 unspecified atom stereocenters. The number of rotatable bonds is 4. The van der Waals surface area contributed by atoms with Gasteiger partial charge in [0.15, 0.2) is 11.5 Å². The summed E-state index contributed by atoms with van der Waals surface area (Å²) in [5, 5.41) is 0.997. The van der Waals surface area contributed by atoms with Crippen LogP contribution in [0.15, 0.2) is 42.7 Å². The van der Waals surface area contributed by atoms with Gasteiger partial charge in [0.2, 0.25) is 0 Å². The van der Waals surface area contributed by atoms with Crippen LogP contribution in [-0.2, 0) is 6.42 Å². The smallest absolute Gasteiger partial charge is 0.162 e. The highest BCUT2D eigenvalue weighted by molar-refractivity contribution is 5.86. The standard InChI is InChI=1S/C18H18N2O2/c1-4-12-5-6-15(19-10-12)14-7-13-8-17(21-2)18(22-3)9-16(13)20-11-14/h5-11H,4H2,1-3H3. The number of benzene rings is 1. The molecule has 4 heteroatoms. The summed E-state index contributed by atoms with van der Waals surface area (Å²) in [6, 6.07) is 10.0. The third kappa shape index (κ3) is 2.60. The van der Waals surface area contributed by atoms with Gasteiger partial charge in [0.25, 0.3) is 0 Å². The van der Waals surface area contributed by atoms with Crippen molar-refractivity contribution < 1.29 is 9.47 Å². The van der Waals surface area contributed by atoms with Crippen molar-refractivity contribution >= 4 is 10.9 Å². The van der Waals surface area contributed by atoms with Gasteiger partial charge >= 0.3 is 0 Å². The van der Waals surface area contributed by atoms with E-state index in [9.17, 15) is 0 Å². The number of aryl methyl sites for hydroxylation is 1. The fraction of sp³-hybridized carbons (Fsp3) is 0.222. The van der Waals surface area contributed by atoms with Gasteiger partial charge in [-0.15, -0.1) is 0 Å². The Balaban J connectivity index is 2.08. The fourth-order valence-electron chi connectivity index (χ4n) is 2.40. The lowest BCUT2D eigenvalue weighted by molar-refractivity contribution is 0.356. The van der Waals surface area contributed by atoms with Crippen LogP contribution in [0.3, 0.4) is 0 Å². The van der Waals surface area contributed by atoms with E-state index >= 15 is 0 Å². The molecule has 0 saturated heterocycles. The van der Waals surface area contributed by atoms with Crippen molar-refractivity contribution in [3.05, 3.63) is 48.3 Å². The van der Waals surface area contributed by atoms with Gasteiger partial charge in [0.1, 0.15) is 0 Å². The molecule has 0 bridgehead atoms. The van der Waals surface area contributed by atoms with Gasteiger partial charge in [-0.05, 0) is 30.2 Å². The van der Waals surface area contributed by atoms with Crippen LogP contribution in [0.5, 0.6) is 11.5 Å². The van der Waals surface area contributed by atoms with Crippen LogP contribution < -0.4 is 9.47 Å². The summed E-state index contributed by atoms with van der Waals surface area (Å²) in [6.45, 7) is 2.12. The van der Waals surface area contributed by atoms with Crippen LogP contribution in [0.2, 0.25) is 0 Å². The maximum absolute atomic E-state index is 5.35. The maximum atomic E-state index is 5.35. The second-order valence-corrected chi connectivity index (χ2v) is 5.03. The molecule has 0 spiro atoms. The molecule has 0 saturated carbocycles. The Morgan fingerprint density at radius 3 is 2.32 bits per heavy atom. The van der Waals surface area contributed by atoms with Crippen molar-refractivity contribution in [3.8, 4) is 22.8 Å². The zero-order chi connectivity index (χ0) is 15.5. The van der Waals surface area contributed by atoms with E-state index in [1.54, 1.807) is 14.2 Å². The Hall–Kier alpha value is -2.62. The normalized spacial score (nSPS) is 10.7. The number of nitrogens with zero attached hydrogens (tertiary/aromatic N) is 2. The number of methoxy groups -OCH3 is 2. The summed E-state index contributed by atoms with van der Waals surface area (Å²) in [7, 11) is 3.25. The van der Waals surface area contributed by atoms with Gasteiger partial charge in [0.05, 0.1) is 25.4 Å². The molecule has 4 nitrogen and oxygen atoms in total. The van der Waals surface area contributed by atoms with Gasteiger partial charge in [-0.25, -0.2) is 0 Å². The molecule has 112 valence electrons. The minimum Gasteiger partial charge on any atom is -0.493 e. The Bertz CT molecular complexity index is 798. The van der Waals surface area contributed by atoms with E-state index in [2.05, 4.69) is 29.0 Å². The Morgan fingerprint density at radius 1 is 0.909 bits per heavy atom. The zero-order valence-electron chi connectivity index (χ0n) is 13.0. The number of aromatic nitrogens is 2. The van der Waals surface area contributed by atoms with Crippen molar-refractivity contribution in [2.24, 2.45) is 0 Å². The Kier molecular flexibility index (Phi) is 3.92. The molecule has 2 heterocycles. The summed E-state index contributed by atoms with van der Waals surface area (Å²) < 4.78 is 10.7. The van der Waals surface area contributed by atoms with Crippen LogP contribution in [0, 0.1) is 0 Å². The summed E-state index contributed by atoms with van der Waals surface area (Å²) in [5.41, 5.74) is 4.00. The van der Waals surface area contributed by atoms with Gasteiger partial charge in [-0.1, -0.05) is 13.0 Å². The highest BCUT2D eigenvalue weighted by Crippen LogP contribution is 2.32. The lowest BCUT2D eigenvalue weighted by Gasteiger charge is -2.09. The first-order chi connectivity index (χ1) is 10.7. The summed E-state index contributed by atoms with van der Waals surface area (Å²) >= 11 is 0. The first-order valence-corrected chi connectivity index (χ1v) is 7.22. The Labute approximate surface area is 129 Å². The molecule has 0 fully saturated rings. The highest BCUT2D eigenvalue weighted by atomic mass is 16.5. The minimum atomic E-state index is 0.681. The number of hydrogen-bond donors (Lipinski definition) is 0. The van der Waals surface area contributed by atoms with E-state index in [0.29, 0.717) is 11.5 Å². The fourth-order valence-corrected chi connectivity index (χ4v) is 2.40. The van der Waals surface area contributed by atoms with Crippen molar-refractivity contribution in [2.45, 2.75) is 13.3 Å². The molecular formula is C18H18N2O2. The van der Waals surface area contributed by atoms with E-state index in [-0.39, 0.29) is 0 Å². The SMILES string of the molecule is CCc1ccc(-c2cnc3cc(OC)c(OC)cc3c2)nc1. The molecule has 0 aliphatic carbocycles. The molecule has 0 atom stereocenters. The van der Waals surface area contributed by atoms with E-state index in [1.165, 1.54) is 5.56 Å². The van der Waals surface area contributed by atoms with E-state index in [4.69, 9.17) is 9.47 Å². The molecule has 0 amide bonds. The summed E-state index contributed by atoms with van der Waals surface area (Å²) in [5.74, 6) is 1.38. The predicted octanol–water partition coefficient (Wildman–Crippen LogP) is 3.88. The van der Waals surface area contributed by atoms with Crippen LogP contribution in [-0.4, -0.2) is 24.2 Å². The summed E-state index contributed by atoms with van der Waals surface area (Å²) in [4.78, 5) is 9.02. The monoisotopic (exact) mass is 294 g/mol. The van der Waals surface area contributed by atoms with E-state index < -0.39 is 0 Å². The van der Waals surface area contributed by atoms with Gasteiger partial charge < -0.3 is 9.47 Å². The first-order valence-electron chi connectivity index (χ1n) is 7.22. The average molecular weight is 294 g/mol. The van der Waals surface area contributed by atoms with Crippen molar-refractivity contribution in [2.75, 3.05) is 14.2 Å². The first kappa shape index (κ1) is 14.3.